The molecule has 0 N–H and O–H groups in total. The first-order chi connectivity index (χ1) is 12.5. The zero-order chi connectivity index (χ0) is 18.7. The average molecular weight is 349 g/mol. The van der Waals surface area contributed by atoms with Crippen molar-refractivity contribution in [3.05, 3.63) is 70.8 Å². The number of anilines is 1. The van der Waals surface area contributed by atoms with Gasteiger partial charge in [-0.3, -0.25) is 4.79 Å². The number of rotatable bonds is 5. The van der Waals surface area contributed by atoms with Crippen molar-refractivity contribution in [1.29, 1.82) is 0 Å². The summed E-state index contributed by atoms with van der Waals surface area (Å²) in [6.07, 6.45) is 6.43. The van der Waals surface area contributed by atoms with Gasteiger partial charge in [-0.1, -0.05) is 30.4 Å². The molecule has 0 heterocycles. The second-order valence-electron chi connectivity index (χ2n) is 6.41. The van der Waals surface area contributed by atoms with Gasteiger partial charge in [0.15, 0.2) is 17.3 Å². The summed E-state index contributed by atoms with van der Waals surface area (Å²) in [5.74, 6) is 1.28. The third-order valence-electron chi connectivity index (χ3n) is 4.52. The fraction of sp³-hybridized carbons (Fsp3) is 0.227. The predicted octanol–water partition coefficient (Wildman–Crippen LogP) is 4.15. The molecule has 0 bridgehead atoms. The monoisotopic (exact) mass is 349 g/mol. The van der Waals surface area contributed by atoms with Crippen LogP contribution in [0.15, 0.2) is 54.1 Å². The van der Waals surface area contributed by atoms with E-state index in [9.17, 15) is 4.79 Å². The molecule has 0 unspecified atom stereocenters. The Hall–Kier alpha value is -3.01. The van der Waals surface area contributed by atoms with Gasteiger partial charge in [0.05, 0.1) is 14.2 Å². The van der Waals surface area contributed by atoms with E-state index in [0.717, 1.165) is 22.4 Å². The van der Waals surface area contributed by atoms with Crippen molar-refractivity contribution < 1.29 is 14.3 Å². The van der Waals surface area contributed by atoms with Crippen molar-refractivity contribution in [3.63, 3.8) is 0 Å². The van der Waals surface area contributed by atoms with E-state index in [1.165, 1.54) is 0 Å². The van der Waals surface area contributed by atoms with Gasteiger partial charge in [-0.25, -0.2) is 0 Å². The van der Waals surface area contributed by atoms with Gasteiger partial charge in [-0.05, 0) is 35.4 Å². The minimum Gasteiger partial charge on any atom is -0.493 e. The van der Waals surface area contributed by atoms with Crippen LogP contribution in [0.5, 0.6) is 11.5 Å². The summed E-state index contributed by atoms with van der Waals surface area (Å²) >= 11 is 0. The number of hydrogen-bond donors (Lipinski definition) is 0. The largest absolute Gasteiger partial charge is 0.493 e. The Kier molecular flexibility index (Phi) is 5.12. The van der Waals surface area contributed by atoms with Crippen molar-refractivity contribution in [3.8, 4) is 11.5 Å². The molecule has 26 heavy (non-hydrogen) atoms. The zero-order valence-corrected chi connectivity index (χ0v) is 15.6. The molecule has 0 fully saturated rings. The molecule has 4 heteroatoms. The number of benzene rings is 2. The van der Waals surface area contributed by atoms with E-state index in [2.05, 4.69) is 29.2 Å². The van der Waals surface area contributed by atoms with Crippen LogP contribution in [0.2, 0.25) is 0 Å². The maximum Gasteiger partial charge on any atom is 0.189 e. The van der Waals surface area contributed by atoms with Gasteiger partial charge in [0.2, 0.25) is 0 Å². The van der Waals surface area contributed by atoms with Gasteiger partial charge in [-0.15, -0.1) is 0 Å². The highest BCUT2D eigenvalue weighted by molar-refractivity contribution is 6.13. The number of methoxy groups -OCH3 is 2. The highest BCUT2D eigenvalue weighted by Gasteiger charge is 2.26. The quantitative estimate of drug-likeness (QED) is 0.760. The summed E-state index contributed by atoms with van der Waals surface area (Å²) < 4.78 is 10.6. The number of ketones is 1. The Morgan fingerprint density at radius 2 is 1.65 bits per heavy atom. The molecule has 0 atom stereocenters. The molecule has 0 spiro atoms. The first-order valence-electron chi connectivity index (χ1n) is 8.47. The molecule has 134 valence electrons. The van der Waals surface area contributed by atoms with Crippen LogP contribution in [0.3, 0.4) is 0 Å². The first kappa shape index (κ1) is 17.8. The lowest BCUT2D eigenvalue weighted by atomic mass is 10.1. The normalized spacial score (nSPS) is 14.8. The highest BCUT2D eigenvalue weighted by atomic mass is 16.5. The van der Waals surface area contributed by atoms with E-state index >= 15 is 0 Å². The summed E-state index contributed by atoms with van der Waals surface area (Å²) in [7, 11) is 7.21. The molecular formula is C22H23NO3. The second kappa shape index (κ2) is 7.48. The third kappa shape index (κ3) is 3.49. The minimum atomic E-state index is 0.0496. The maximum absolute atomic E-state index is 12.6. The number of Topliss-reactive ketones (excluding diaryl/α,β-unsaturated/α-hetero) is 1. The van der Waals surface area contributed by atoms with Crippen LogP contribution in [0.1, 0.15) is 21.5 Å². The van der Waals surface area contributed by atoms with Crippen molar-refractivity contribution in [2.45, 2.75) is 6.42 Å². The molecule has 0 amide bonds. The molecule has 0 radical (unpaired) electrons. The molecule has 2 aromatic carbocycles. The lowest BCUT2D eigenvalue weighted by Crippen LogP contribution is -2.07. The third-order valence-corrected chi connectivity index (χ3v) is 4.52. The molecular weight excluding hydrogens is 326 g/mol. The summed E-state index contributed by atoms with van der Waals surface area (Å²) in [6.45, 7) is 0. The highest BCUT2D eigenvalue weighted by Crippen LogP contribution is 2.36. The van der Waals surface area contributed by atoms with Crippen LogP contribution >= 0.6 is 0 Å². The lowest BCUT2D eigenvalue weighted by Gasteiger charge is -2.11. The van der Waals surface area contributed by atoms with Gasteiger partial charge in [0, 0.05) is 37.3 Å². The number of hydrogen-bond acceptors (Lipinski definition) is 4. The van der Waals surface area contributed by atoms with Crippen LogP contribution < -0.4 is 14.4 Å². The maximum atomic E-state index is 12.6. The second-order valence-corrected chi connectivity index (χ2v) is 6.41. The van der Waals surface area contributed by atoms with Crippen molar-refractivity contribution in [2.24, 2.45) is 0 Å². The predicted molar refractivity (Wildman–Crippen MR) is 105 cm³/mol. The van der Waals surface area contributed by atoms with E-state index < -0.39 is 0 Å². The van der Waals surface area contributed by atoms with E-state index in [-0.39, 0.29) is 5.78 Å². The molecule has 1 aliphatic rings. The summed E-state index contributed by atoms with van der Waals surface area (Å²) in [5, 5.41) is 0. The van der Waals surface area contributed by atoms with Crippen LogP contribution in [0.4, 0.5) is 5.69 Å². The van der Waals surface area contributed by atoms with Crippen LogP contribution in [-0.4, -0.2) is 34.1 Å². The number of allylic oxidation sites excluding steroid dienone is 3. The zero-order valence-electron chi connectivity index (χ0n) is 15.6. The Labute approximate surface area is 154 Å². The molecule has 0 aromatic heterocycles. The minimum absolute atomic E-state index is 0.0496. The van der Waals surface area contributed by atoms with Crippen molar-refractivity contribution in [1.82, 2.24) is 0 Å². The topological polar surface area (TPSA) is 38.8 Å². The van der Waals surface area contributed by atoms with E-state index in [0.29, 0.717) is 23.5 Å². The Balaban J connectivity index is 1.78. The molecule has 2 aromatic rings. The summed E-state index contributed by atoms with van der Waals surface area (Å²) in [6, 6.07) is 11.9. The fourth-order valence-corrected chi connectivity index (χ4v) is 3.03. The van der Waals surface area contributed by atoms with Crippen LogP contribution in [0, 0.1) is 0 Å². The molecule has 0 aliphatic heterocycles. The van der Waals surface area contributed by atoms with Gasteiger partial charge in [0.1, 0.15) is 0 Å². The van der Waals surface area contributed by atoms with Crippen molar-refractivity contribution >= 4 is 17.5 Å². The number of carbonyl (C=O) groups is 1. The Morgan fingerprint density at radius 1 is 1.00 bits per heavy atom. The molecule has 3 rings (SSSR count). The summed E-state index contributed by atoms with van der Waals surface area (Å²) in [5.41, 5.74) is 4.69. The van der Waals surface area contributed by atoms with Gasteiger partial charge < -0.3 is 14.4 Å². The van der Waals surface area contributed by atoms with E-state index in [4.69, 9.17) is 9.47 Å². The molecule has 0 saturated carbocycles. The first-order valence-corrected chi connectivity index (χ1v) is 8.47. The number of ether oxygens (including phenoxy) is 2. The smallest absolute Gasteiger partial charge is 0.189 e. The van der Waals surface area contributed by atoms with Gasteiger partial charge >= 0.3 is 0 Å². The molecule has 0 saturated heterocycles. The average Bonchev–Trinajstić information content (AvgIpc) is 2.96. The standard InChI is InChI=1S/C22H23NO3/c1-23(2)18-10-8-15(9-11-18)6-5-7-16-12-17-13-20(25-3)21(26-4)14-19(17)22(16)24/h5-11,13-14H,12H2,1-4H3. The lowest BCUT2D eigenvalue weighted by molar-refractivity contribution is 0.103. The van der Waals surface area contributed by atoms with Crippen molar-refractivity contribution in [2.75, 3.05) is 33.2 Å². The Morgan fingerprint density at radius 3 is 2.27 bits per heavy atom. The number of carbonyl (C=O) groups excluding carboxylic acids is 1. The molecule has 1 aliphatic carbocycles. The van der Waals surface area contributed by atoms with Gasteiger partial charge in [-0.2, -0.15) is 0 Å². The van der Waals surface area contributed by atoms with Crippen LogP contribution in [0.25, 0.3) is 6.08 Å². The van der Waals surface area contributed by atoms with Gasteiger partial charge in [0.25, 0.3) is 0 Å². The van der Waals surface area contributed by atoms with E-state index in [1.807, 2.05) is 38.4 Å². The SMILES string of the molecule is COc1cc2c(cc1OC)C(=O)C(=CC=Cc1ccc(N(C)C)cc1)C2. The number of fused-ring (bicyclic) bond motifs is 1. The number of nitrogens with zero attached hydrogens (tertiary/aromatic N) is 1. The van der Waals surface area contributed by atoms with Crippen LogP contribution in [-0.2, 0) is 6.42 Å². The fourth-order valence-electron chi connectivity index (χ4n) is 3.03. The summed E-state index contributed by atoms with van der Waals surface area (Å²) in [4.78, 5) is 14.7. The molecule has 4 nitrogen and oxygen atoms in total. The Bertz CT molecular complexity index is 877. The van der Waals surface area contributed by atoms with E-state index in [1.54, 1.807) is 20.3 Å².